The molecule has 0 unspecified atom stereocenters. The Morgan fingerprint density at radius 1 is 1.32 bits per heavy atom. The lowest BCUT2D eigenvalue weighted by atomic mass is 9.90. The number of hydrogen-bond donors (Lipinski definition) is 0. The van der Waals surface area contributed by atoms with Crippen molar-refractivity contribution in [3.8, 4) is 0 Å². The molecule has 1 aromatic rings. The first-order valence-electron chi connectivity index (χ1n) is 6.56. The molecule has 0 N–H and O–H groups in total. The fourth-order valence-electron chi connectivity index (χ4n) is 2.11. The largest absolute Gasteiger partial charge is 0.239 e. The van der Waals surface area contributed by atoms with Gasteiger partial charge in [0.1, 0.15) is 5.67 Å². The van der Waals surface area contributed by atoms with E-state index in [1.807, 2.05) is 57.2 Å². The molecule has 0 atom stereocenters. The third-order valence-corrected chi connectivity index (χ3v) is 3.10. The first kappa shape index (κ1) is 15.4. The zero-order valence-corrected chi connectivity index (χ0v) is 12.5. The normalized spacial score (nSPS) is 13.1. The van der Waals surface area contributed by atoms with Crippen molar-refractivity contribution >= 4 is 5.57 Å². The highest BCUT2D eigenvalue weighted by Gasteiger charge is 2.21. The van der Waals surface area contributed by atoms with Crippen molar-refractivity contribution in [1.29, 1.82) is 0 Å². The molecule has 0 radical (unpaired) electrons. The average molecular weight is 258 g/mol. The van der Waals surface area contributed by atoms with Crippen LogP contribution in [0.25, 0.3) is 5.57 Å². The van der Waals surface area contributed by atoms with Crippen LogP contribution >= 0.6 is 0 Å². The Labute approximate surface area is 116 Å². The predicted octanol–water partition coefficient (Wildman–Crippen LogP) is 5.74. The topological polar surface area (TPSA) is 0 Å². The number of hydrogen-bond acceptors (Lipinski definition) is 0. The summed E-state index contributed by atoms with van der Waals surface area (Å²) in [4.78, 5) is 0. The maximum atomic E-state index is 14.2. The second kappa shape index (κ2) is 6.01. The molecule has 0 saturated carbocycles. The summed E-state index contributed by atoms with van der Waals surface area (Å²) in [7, 11) is 0. The molecule has 0 aromatic heterocycles. The van der Waals surface area contributed by atoms with Crippen LogP contribution in [0.1, 0.15) is 44.4 Å². The number of benzene rings is 1. The SMILES string of the molecule is C=C(C)/C(=C\C=C/C)c1ccc(C)c(C(C)(C)F)c1. The van der Waals surface area contributed by atoms with Gasteiger partial charge in [0.2, 0.25) is 0 Å². The van der Waals surface area contributed by atoms with Gasteiger partial charge in [0, 0.05) is 0 Å². The monoisotopic (exact) mass is 258 g/mol. The van der Waals surface area contributed by atoms with Crippen LogP contribution < -0.4 is 0 Å². The first-order valence-corrected chi connectivity index (χ1v) is 6.56. The van der Waals surface area contributed by atoms with E-state index in [0.717, 1.165) is 27.8 Å². The fraction of sp³-hybridized carbons (Fsp3) is 0.333. The Morgan fingerprint density at radius 2 is 1.95 bits per heavy atom. The van der Waals surface area contributed by atoms with E-state index >= 15 is 0 Å². The van der Waals surface area contributed by atoms with Crippen molar-refractivity contribution in [2.24, 2.45) is 0 Å². The minimum absolute atomic E-state index is 0.734. The fourth-order valence-corrected chi connectivity index (χ4v) is 2.11. The van der Waals surface area contributed by atoms with E-state index in [1.54, 1.807) is 13.8 Å². The molecule has 0 bridgehead atoms. The summed E-state index contributed by atoms with van der Waals surface area (Å²) < 4.78 is 14.2. The van der Waals surface area contributed by atoms with Gasteiger partial charge in [0.05, 0.1) is 0 Å². The molecule has 1 aromatic carbocycles. The van der Waals surface area contributed by atoms with Crippen molar-refractivity contribution in [1.82, 2.24) is 0 Å². The van der Waals surface area contributed by atoms with Gasteiger partial charge in [0.15, 0.2) is 0 Å². The molecule has 1 rings (SSSR count). The summed E-state index contributed by atoms with van der Waals surface area (Å²) in [5.41, 5.74) is 3.41. The summed E-state index contributed by atoms with van der Waals surface area (Å²) >= 11 is 0. The van der Waals surface area contributed by atoms with E-state index in [-0.39, 0.29) is 0 Å². The highest BCUT2D eigenvalue weighted by atomic mass is 19.1. The minimum Gasteiger partial charge on any atom is -0.239 e. The number of allylic oxidation sites excluding steroid dienone is 5. The third-order valence-electron chi connectivity index (χ3n) is 3.10. The zero-order chi connectivity index (χ0) is 14.6. The van der Waals surface area contributed by atoms with Gasteiger partial charge in [-0.3, -0.25) is 0 Å². The van der Waals surface area contributed by atoms with E-state index in [4.69, 9.17) is 0 Å². The van der Waals surface area contributed by atoms with Crippen molar-refractivity contribution in [3.63, 3.8) is 0 Å². The van der Waals surface area contributed by atoms with Gasteiger partial charge in [-0.2, -0.15) is 0 Å². The van der Waals surface area contributed by atoms with Crippen molar-refractivity contribution in [2.75, 3.05) is 0 Å². The smallest absolute Gasteiger partial charge is 0.130 e. The standard InChI is InChI=1S/C18H23F/c1-7-8-9-16(13(2)3)15-11-10-14(4)17(12-15)18(5,6)19/h7-12H,2H2,1,3-6H3/b8-7-,16-9+. The molecule has 0 nitrogen and oxygen atoms in total. The first-order chi connectivity index (χ1) is 8.77. The van der Waals surface area contributed by atoms with Crippen molar-refractivity contribution < 1.29 is 4.39 Å². The molecule has 0 aliphatic rings. The van der Waals surface area contributed by atoms with Gasteiger partial charge in [-0.15, -0.1) is 0 Å². The van der Waals surface area contributed by atoms with Crippen LogP contribution in [0.2, 0.25) is 0 Å². The predicted molar refractivity (Wildman–Crippen MR) is 82.9 cm³/mol. The van der Waals surface area contributed by atoms with E-state index in [0.29, 0.717) is 0 Å². The molecule has 0 saturated heterocycles. The lowest BCUT2D eigenvalue weighted by molar-refractivity contribution is 0.220. The van der Waals surface area contributed by atoms with Crippen LogP contribution in [0.5, 0.6) is 0 Å². The Hall–Kier alpha value is -1.63. The second-order valence-electron chi connectivity index (χ2n) is 5.39. The lowest BCUT2D eigenvalue weighted by Crippen LogP contribution is -2.11. The van der Waals surface area contributed by atoms with Gasteiger partial charge >= 0.3 is 0 Å². The summed E-state index contributed by atoms with van der Waals surface area (Å²) in [5, 5.41) is 0. The average Bonchev–Trinajstić information content (AvgIpc) is 2.29. The molecule has 0 spiro atoms. The van der Waals surface area contributed by atoms with Gasteiger partial charge in [-0.1, -0.05) is 42.5 Å². The third kappa shape index (κ3) is 3.92. The second-order valence-corrected chi connectivity index (χ2v) is 5.39. The van der Waals surface area contributed by atoms with Gasteiger partial charge in [-0.25, -0.2) is 4.39 Å². The maximum Gasteiger partial charge on any atom is 0.130 e. The van der Waals surface area contributed by atoms with Crippen LogP contribution in [-0.2, 0) is 5.67 Å². The Bertz CT molecular complexity index is 525. The van der Waals surface area contributed by atoms with Crippen LogP contribution in [-0.4, -0.2) is 0 Å². The van der Waals surface area contributed by atoms with Crippen LogP contribution in [0.3, 0.4) is 0 Å². The molecular formula is C18H23F. The summed E-state index contributed by atoms with van der Waals surface area (Å²) in [5.74, 6) is 0. The van der Waals surface area contributed by atoms with Crippen LogP contribution in [0.15, 0.2) is 48.6 Å². The van der Waals surface area contributed by atoms with E-state index in [1.165, 1.54) is 0 Å². The van der Waals surface area contributed by atoms with E-state index in [2.05, 4.69) is 6.58 Å². The molecular weight excluding hydrogens is 235 g/mol. The Kier molecular flexibility index (Phi) is 4.88. The number of halogens is 1. The highest BCUT2D eigenvalue weighted by molar-refractivity contribution is 5.79. The minimum atomic E-state index is -1.33. The molecule has 0 aliphatic heterocycles. The number of alkyl halides is 1. The summed E-state index contributed by atoms with van der Waals surface area (Å²) in [6.45, 7) is 13.1. The molecule has 0 fully saturated rings. The van der Waals surface area contributed by atoms with Crippen LogP contribution in [0, 0.1) is 6.92 Å². The quantitative estimate of drug-likeness (QED) is 0.604. The van der Waals surface area contributed by atoms with E-state index in [9.17, 15) is 4.39 Å². The Morgan fingerprint density at radius 3 is 2.42 bits per heavy atom. The summed E-state index contributed by atoms with van der Waals surface area (Å²) in [6, 6.07) is 5.92. The number of aryl methyl sites for hydroxylation is 1. The molecule has 0 amide bonds. The van der Waals surface area contributed by atoms with Gasteiger partial charge < -0.3 is 0 Å². The maximum absolute atomic E-state index is 14.2. The molecule has 0 aliphatic carbocycles. The molecule has 0 heterocycles. The highest BCUT2D eigenvalue weighted by Crippen LogP contribution is 2.31. The van der Waals surface area contributed by atoms with Gasteiger partial charge in [0.25, 0.3) is 0 Å². The summed E-state index contributed by atoms with van der Waals surface area (Å²) in [6.07, 6.45) is 5.96. The van der Waals surface area contributed by atoms with Crippen LogP contribution in [0.4, 0.5) is 4.39 Å². The molecule has 19 heavy (non-hydrogen) atoms. The molecule has 102 valence electrons. The van der Waals surface area contributed by atoms with Crippen molar-refractivity contribution in [2.45, 2.75) is 40.3 Å². The Balaban J connectivity index is 3.39. The zero-order valence-electron chi connectivity index (χ0n) is 12.5. The van der Waals surface area contributed by atoms with E-state index < -0.39 is 5.67 Å². The van der Waals surface area contributed by atoms with Crippen molar-refractivity contribution in [3.05, 3.63) is 65.3 Å². The van der Waals surface area contributed by atoms with Gasteiger partial charge in [-0.05, 0) is 62.9 Å². The number of rotatable bonds is 4. The molecule has 1 heteroatoms. The lowest BCUT2D eigenvalue weighted by Gasteiger charge is -2.19.